The van der Waals surface area contributed by atoms with E-state index in [1.807, 2.05) is 6.07 Å². The van der Waals surface area contributed by atoms with Crippen LogP contribution in [0.2, 0.25) is 0 Å². The number of benzene rings is 1. The van der Waals surface area contributed by atoms with Gasteiger partial charge in [0.15, 0.2) is 0 Å². The fourth-order valence-corrected chi connectivity index (χ4v) is 1.71. The van der Waals surface area contributed by atoms with Crippen molar-refractivity contribution in [2.45, 2.75) is 38.7 Å². The zero-order chi connectivity index (χ0) is 11.4. The Bertz CT molecular complexity index is 372. The van der Waals surface area contributed by atoms with Crippen molar-refractivity contribution >= 4 is 0 Å². The summed E-state index contributed by atoms with van der Waals surface area (Å²) in [5.74, 6) is 1.000. The minimum atomic E-state index is 0.402. The van der Waals surface area contributed by atoms with Gasteiger partial charge in [-0.2, -0.15) is 4.91 Å². The van der Waals surface area contributed by atoms with E-state index >= 15 is 0 Å². The summed E-state index contributed by atoms with van der Waals surface area (Å²) < 4.78 is 5.77. The van der Waals surface area contributed by atoms with Crippen molar-refractivity contribution in [1.82, 2.24) is 0 Å². The summed E-state index contributed by atoms with van der Waals surface area (Å²) in [4.78, 5) is 9.97. The molecule has 1 aliphatic carbocycles. The number of nitrogens with zero attached hydrogens (tertiary/aromatic N) is 1. The molecule has 0 unspecified atom stereocenters. The van der Waals surface area contributed by atoms with Crippen molar-refractivity contribution in [3.05, 3.63) is 34.2 Å². The third-order valence-electron chi connectivity index (χ3n) is 2.77. The van der Waals surface area contributed by atoms with Gasteiger partial charge in [-0.3, -0.25) is 0 Å². The summed E-state index contributed by atoms with van der Waals surface area (Å²) in [7, 11) is 0. The molecule has 1 aromatic rings. The van der Waals surface area contributed by atoms with Crippen LogP contribution in [0.4, 0.5) is 0 Å². The molecule has 0 saturated heterocycles. The Morgan fingerprint density at radius 2 is 2.25 bits per heavy atom. The second-order valence-electron chi connectivity index (χ2n) is 4.37. The van der Waals surface area contributed by atoms with Crippen LogP contribution in [0.3, 0.4) is 0 Å². The monoisotopic (exact) mass is 219 g/mol. The second-order valence-corrected chi connectivity index (χ2v) is 4.37. The number of nitroso groups, excluding NO2 is 1. The van der Waals surface area contributed by atoms with Gasteiger partial charge in [0.1, 0.15) is 5.75 Å². The van der Waals surface area contributed by atoms with Crippen LogP contribution >= 0.6 is 0 Å². The van der Waals surface area contributed by atoms with Crippen molar-refractivity contribution in [3.63, 3.8) is 0 Å². The molecule has 1 fully saturated rings. The Balaban J connectivity index is 1.94. The highest BCUT2D eigenvalue weighted by Gasteiger charge is 2.23. The lowest BCUT2D eigenvalue weighted by Crippen LogP contribution is -1.98. The Kier molecular flexibility index (Phi) is 3.54. The van der Waals surface area contributed by atoms with Gasteiger partial charge >= 0.3 is 0 Å². The summed E-state index contributed by atoms with van der Waals surface area (Å²) >= 11 is 0. The third-order valence-corrected chi connectivity index (χ3v) is 2.77. The molecule has 0 radical (unpaired) electrons. The summed E-state index contributed by atoms with van der Waals surface area (Å²) in [5.41, 5.74) is 2.44. The average Bonchev–Trinajstić information content (AvgIpc) is 3.06. The van der Waals surface area contributed by atoms with E-state index in [0.29, 0.717) is 12.6 Å². The van der Waals surface area contributed by atoms with Crippen LogP contribution in [-0.4, -0.2) is 12.6 Å². The van der Waals surface area contributed by atoms with Crippen molar-refractivity contribution in [1.29, 1.82) is 0 Å². The van der Waals surface area contributed by atoms with Crippen molar-refractivity contribution in [2.75, 3.05) is 6.54 Å². The van der Waals surface area contributed by atoms with Crippen LogP contribution in [0.25, 0.3) is 0 Å². The molecule has 1 aromatic carbocycles. The van der Waals surface area contributed by atoms with Crippen molar-refractivity contribution in [3.8, 4) is 5.75 Å². The minimum Gasteiger partial charge on any atom is -0.490 e. The highest BCUT2D eigenvalue weighted by molar-refractivity contribution is 5.36. The summed E-state index contributed by atoms with van der Waals surface area (Å²) in [6.07, 6.45) is 4.56. The average molecular weight is 219 g/mol. The molecule has 1 saturated carbocycles. The van der Waals surface area contributed by atoms with Gasteiger partial charge in [0.25, 0.3) is 0 Å². The Morgan fingerprint density at radius 1 is 1.44 bits per heavy atom. The standard InChI is InChI=1S/C13H17NO2/c1-10-9-11(3-2-8-14-15)4-7-13(10)16-12-5-6-12/h4,7,9,12H,2-3,5-6,8H2,1H3. The quantitative estimate of drug-likeness (QED) is 0.544. The number of hydrogen-bond acceptors (Lipinski definition) is 3. The molecule has 0 aromatic heterocycles. The molecular formula is C13H17NO2. The molecule has 0 amide bonds. The minimum absolute atomic E-state index is 0.402. The van der Waals surface area contributed by atoms with Crippen molar-refractivity contribution < 1.29 is 4.74 Å². The van der Waals surface area contributed by atoms with Crippen molar-refractivity contribution in [2.24, 2.45) is 5.18 Å². The Hall–Kier alpha value is -1.38. The van der Waals surface area contributed by atoms with Crippen LogP contribution in [0.5, 0.6) is 5.75 Å². The van der Waals surface area contributed by atoms with Crippen LogP contribution < -0.4 is 4.74 Å². The molecule has 0 atom stereocenters. The topological polar surface area (TPSA) is 38.7 Å². The van der Waals surface area contributed by atoms with Gasteiger partial charge in [-0.15, -0.1) is 0 Å². The van der Waals surface area contributed by atoms with Gasteiger partial charge in [-0.05, 0) is 49.8 Å². The molecule has 3 nitrogen and oxygen atoms in total. The van der Waals surface area contributed by atoms with Crippen LogP contribution in [-0.2, 0) is 6.42 Å². The molecule has 16 heavy (non-hydrogen) atoms. The smallest absolute Gasteiger partial charge is 0.122 e. The fraction of sp³-hybridized carbons (Fsp3) is 0.538. The van der Waals surface area contributed by atoms with Gasteiger partial charge in [0, 0.05) is 0 Å². The Labute approximate surface area is 95.8 Å². The summed E-state index contributed by atoms with van der Waals surface area (Å²) in [5, 5.41) is 2.86. The first-order chi connectivity index (χ1) is 7.79. The first kappa shape index (κ1) is 11.1. The van der Waals surface area contributed by atoms with E-state index in [1.165, 1.54) is 24.0 Å². The second kappa shape index (κ2) is 5.10. The predicted octanol–water partition coefficient (Wildman–Crippen LogP) is 3.24. The lowest BCUT2D eigenvalue weighted by Gasteiger charge is -2.09. The summed E-state index contributed by atoms with van der Waals surface area (Å²) in [6.45, 7) is 2.47. The third kappa shape index (κ3) is 3.05. The number of hydrogen-bond donors (Lipinski definition) is 0. The lowest BCUT2D eigenvalue weighted by atomic mass is 10.1. The van der Waals surface area contributed by atoms with E-state index in [4.69, 9.17) is 4.74 Å². The van der Waals surface area contributed by atoms with Crippen LogP contribution in [0.15, 0.2) is 23.4 Å². The van der Waals surface area contributed by atoms with Gasteiger partial charge in [0.05, 0.1) is 12.6 Å². The van der Waals surface area contributed by atoms with Gasteiger partial charge in [0.2, 0.25) is 0 Å². The molecule has 0 aliphatic heterocycles. The normalized spacial score (nSPS) is 14.8. The molecule has 1 aliphatic rings. The van der Waals surface area contributed by atoms with E-state index < -0.39 is 0 Å². The first-order valence-electron chi connectivity index (χ1n) is 5.85. The molecule has 0 spiro atoms. The maximum atomic E-state index is 9.97. The molecule has 3 heteroatoms. The van der Waals surface area contributed by atoms with Crippen LogP contribution in [0.1, 0.15) is 30.4 Å². The molecule has 86 valence electrons. The number of aryl methyl sites for hydroxylation is 2. The van der Waals surface area contributed by atoms with Gasteiger partial charge in [-0.25, -0.2) is 0 Å². The maximum Gasteiger partial charge on any atom is 0.122 e. The zero-order valence-electron chi connectivity index (χ0n) is 9.61. The zero-order valence-corrected chi connectivity index (χ0v) is 9.61. The van der Waals surface area contributed by atoms with E-state index in [0.717, 1.165) is 18.6 Å². The first-order valence-corrected chi connectivity index (χ1v) is 5.85. The van der Waals surface area contributed by atoms with E-state index in [1.54, 1.807) is 0 Å². The molecule has 2 rings (SSSR count). The number of ether oxygens (including phenoxy) is 1. The molecule has 0 bridgehead atoms. The lowest BCUT2D eigenvalue weighted by molar-refractivity contribution is 0.301. The molecular weight excluding hydrogens is 202 g/mol. The largest absolute Gasteiger partial charge is 0.490 e. The molecule has 0 N–H and O–H groups in total. The predicted molar refractivity (Wildman–Crippen MR) is 63.8 cm³/mol. The Morgan fingerprint density at radius 3 is 2.88 bits per heavy atom. The van der Waals surface area contributed by atoms with Gasteiger partial charge in [-0.1, -0.05) is 17.3 Å². The maximum absolute atomic E-state index is 9.97. The van der Waals surface area contributed by atoms with E-state index in [9.17, 15) is 4.91 Å². The highest BCUT2D eigenvalue weighted by atomic mass is 16.5. The SMILES string of the molecule is Cc1cc(CCCN=O)ccc1OC1CC1. The number of rotatable bonds is 6. The molecule has 0 heterocycles. The van der Waals surface area contributed by atoms with E-state index in [2.05, 4.69) is 24.2 Å². The van der Waals surface area contributed by atoms with Crippen LogP contribution in [0, 0.1) is 11.8 Å². The summed E-state index contributed by atoms with van der Waals surface area (Å²) in [6, 6.07) is 6.26. The highest BCUT2D eigenvalue weighted by Crippen LogP contribution is 2.29. The van der Waals surface area contributed by atoms with Gasteiger partial charge < -0.3 is 4.74 Å². The fourth-order valence-electron chi connectivity index (χ4n) is 1.71. The van der Waals surface area contributed by atoms with E-state index in [-0.39, 0.29) is 0 Å².